The highest BCUT2D eigenvalue weighted by Gasteiger charge is 2.06. The molecule has 1 N–H and O–H groups in total. The second-order valence-electron chi connectivity index (χ2n) is 7.06. The van der Waals surface area contributed by atoms with E-state index in [0.29, 0.717) is 30.7 Å². The zero-order valence-electron chi connectivity index (χ0n) is 18.6. The van der Waals surface area contributed by atoms with Crippen molar-refractivity contribution in [3.05, 3.63) is 54.4 Å². The molecule has 1 aromatic heterocycles. The zero-order valence-corrected chi connectivity index (χ0v) is 18.6. The Hall–Kier alpha value is -3.55. The van der Waals surface area contributed by atoms with Gasteiger partial charge in [0, 0.05) is 6.21 Å². The van der Waals surface area contributed by atoms with Gasteiger partial charge in [0.05, 0.1) is 13.7 Å². The van der Waals surface area contributed by atoms with E-state index >= 15 is 0 Å². The predicted molar refractivity (Wildman–Crippen MR) is 124 cm³/mol. The summed E-state index contributed by atoms with van der Waals surface area (Å²) < 4.78 is 22.8. The summed E-state index contributed by atoms with van der Waals surface area (Å²) in [5.74, 6) is 3.33. The number of aromatic nitrogens is 3. The molecule has 3 aromatic rings. The van der Waals surface area contributed by atoms with Gasteiger partial charge in [-0.2, -0.15) is 10.1 Å². The van der Waals surface area contributed by atoms with Crippen LogP contribution in [0.3, 0.4) is 0 Å². The van der Waals surface area contributed by atoms with E-state index < -0.39 is 0 Å². The van der Waals surface area contributed by atoms with Gasteiger partial charge in [-0.3, -0.25) is 0 Å². The van der Waals surface area contributed by atoms with Crippen LogP contribution in [0.15, 0.2) is 53.8 Å². The molecule has 1 heterocycles. The molecule has 0 unspecified atom stereocenters. The van der Waals surface area contributed by atoms with Crippen LogP contribution in [-0.2, 0) is 0 Å². The Morgan fingerprint density at radius 1 is 0.875 bits per heavy atom. The summed E-state index contributed by atoms with van der Waals surface area (Å²) in [5.41, 5.74) is 0.856. The Labute approximate surface area is 188 Å². The molecule has 0 spiro atoms. The first kappa shape index (κ1) is 23.1. The number of H-pyrrole nitrogens is 1. The molecule has 0 bridgehead atoms. The van der Waals surface area contributed by atoms with Gasteiger partial charge in [0.1, 0.15) is 31.0 Å². The van der Waals surface area contributed by atoms with Crippen LogP contribution in [0.25, 0.3) is 0 Å². The van der Waals surface area contributed by atoms with Gasteiger partial charge in [-0.05, 0) is 54.4 Å². The molecule has 0 aliphatic heterocycles. The van der Waals surface area contributed by atoms with E-state index in [0.717, 1.165) is 30.1 Å². The van der Waals surface area contributed by atoms with Gasteiger partial charge in [0.25, 0.3) is 0 Å². The van der Waals surface area contributed by atoms with Crippen LogP contribution in [0.1, 0.15) is 38.2 Å². The Morgan fingerprint density at radius 3 is 2.31 bits per heavy atom. The Morgan fingerprint density at radius 2 is 1.62 bits per heavy atom. The maximum absolute atomic E-state index is 5.82. The lowest BCUT2D eigenvalue weighted by Gasteiger charge is -2.12. The normalized spacial score (nSPS) is 10.9. The van der Waals surface area contributed by atoms with Crippen LogP contribution in [-0.4, -0.2) is 48.3 Å². The molecule has 0 fully saturated rings. The largest absolute Gasteiger partial charge is 0.494 e. The van der Waals surface area contributed by atoms with Crippen LogP contribution in [0.5, 0.6) is 23.0 Å². The minimum atomic E-state index is 0.386. The van der Waals surface area contributed by atoms with Gasteiger partial charge in [-0.1, -0.05) is 26.2 Å². The number of benzene rings is 2. The van der Waals surface area contributed by atoms with E-state index in [1.165, 1.54) is 25.6 Å². The molecular formula is C24H30N4O4. The molecule has 170 valence electrons. The van der Waals surface area contributed by atoms with Crippen LogP contribution >= 0.6 is 0 Å². The van der Waals surface area contributed by atoms with E-state index in [2.05, 4.69) is 27.1 Å². The lowest BCUT2D eigenvalue weighted by Crippen LogP contribution is -2.09. The molecule has 0 saturated heterocycles. The van der Waals surface area contributed by atoms with Gasteiger partial charge in [0.15, 0.2) is 11.5 Å². The van der Waals surface area contributed by atoms with Gasteiger partial charge < -0.3 is 18.9 Å². The molecule has 3 rings (SSSR count). The smallest absolute Gasteiger partial charge is 0.245 e. The SMILES string of the molecule is CCCCCCOc1ccc(OCCOc2ccc(C=Nc3ncn[nH]3)cc2OC)cc1. The third-order valence-corrected chi connectivity index (χ3v) is 4.63. The maximum Gasteiger partial charge on any atom is 0.245 e. The second kappa shape index (κ2) is 13.0. The summed E-state index contributed by atoms with van der Waals surface area (Å²) in [4.78, 5) is 8.16. The predicted octanol–water partition coefficient (Wildman–Crippen LogP) is 4.98. The van der Waals surface area contributed by atoms with E-state index in [1.807, 2.05) is 42.5 Å². The Bertz CT molecular complexity index is 943. The fourth-order valence-corrected chi connectivity index (χ4v) is 2.94. The van der Waals surface area contributed by atoms with Crippen molar-refractivity contribution in [1.29, 1.82) is 0 Å². The van der Waals surface area contributed by atoms with Crippen molar-refractivity contribution in [2.24, 2.45) is 4.99 Å². The molecule has 32 heavy (non-hydrogen) atoms. The molecule has 0 aliphatic carbocycles. The summed E-state index contributed by atoms with van der Waals surface area (Å²) in [6, 6.07) is 13.2. The van der Waals surface area contributed by atoms with Crippen molar-refractivity contribution < 1.29 is 18.9 Å². The first-order chi connectivity index (χ1) is 15.8. The number of methoxy groups -OCH3 is 1. The summed E-state index contributed by atoms with van der Waals surface area (Å²) in [6.07, 6.45) is 7.86. The minimum Gasteiger partial charge on any atom is -0.494 e. The second-order valence-corrected chi connectivity index (χ2v) is 7.06. The van der Waals surface area contributed by atoms with Crippen LogP contribution in [0, 0.1) is 0 Å². The third kappa shape index (κ3) is 7.61. The monoisotopic (exact) mass is 438 g/mol. The van der Waals surface area contributed by atoms with E-state index in [4.69, 9.17) is 18.9 Å². The molecule has 0 saturated carbocycles. The first-order valence-electron chi connectivity index (χ1n) is 10.8. The molecule has 0 amide bonds. The Kier molecular flexibility index (Phi) is 9.39. The first-order valence-corrected chi connectivity index (χ1v) is 10.8. The van der Waals surface area contributed by atoms with Crippen molar-refractivity contribution >= 4 is 12.2 Å². The molecular weight excluding hydrogens is 408 g/mol. The number of aromatic amines is 1. The fraction of sp³-hybridized carbons (Fsp3) is 0.375. The number of nitrogens with one attached hydrogen (secondary N) is 1. The topological polar surface area (TPSA) is 90.9 Å². The maximum atomic E-state index is 5.82. The van der Waals surface area contributed by atoms with Crippen LogP contribution < -0.4 is 18.9 Å². The highest BCUT2D eigenvalue weighted by atomic mass is 16.5. The van der Waals surface area contributed by atoms with E-state index in [9.17, 15) is 0 Å². The standard InChI is InChI=1S/C24H30N4O4/c1-3-4-5-6-13-30-20-8-10-21(11-9-20)31-14-15-32-22-12-7-19(16-23(22)29-2)17-25-24-26-18-27-28-24/h7-12,16-18H,3-6,13-15H2,1-2H3,(H,26,27,28). The number of nitrogens with zero attached hydrogens (tertiary/aromatic N) is 3. The van der Waals surface area contributed by atoms with Gasteiger partial charge in [-0.25, -0.2) is 10.1 Å². The molecule has 0 aliphatic rings. The lowest BCUT2D eigenvalue weighted by molar-refractivity contribution is 0.211. The summed E-state index contributed by atoms with van der Waals surface area (Å²) in [5, 5.41) is 6.44. The molecule has 0 radical (unpaired) electrons. The van der Waals surface area contributed by atoms with Gasteiger partial charge in [-0.15, -0.1) is 0 Å². The third-order valence-electron chi connectivity index (χ3n) is 4.63. The van der Waals surface area contributed by atoms with Crippen molar-refractivity contribution in [3.63, 3.8) is 0 Å². The van der Waals surface area contributed by atoms with Crippen molar-refractivity contribution in [3.8, 4) is 23.0 Å². The number of ether oxygens (including phenoxy) is 4. The average Bonchev–Trinajstić information content (AvgIpc) is 3.35. The van der Waals surface area contributed by atoms with Crippen LogP contribution in [0.2, 0.25) is 0 Å². The highest BCUT2D eigenvalue weighted by Crippen LogP contribution is 2.27. The minimum absolute atomic E-state index is 0.386. The fourth-order valence-electron chi connectivity index (χ4n) is 2.94. The number of aliphatic imine (C=N–C) groups is 1. The quantitative estimate of drug-likeness (QED) is 0.282. The number of unbranched alkanes of at least 4 members (excludes halogenated alkanes) is 3. The van der Waals surface area contributed by atoms with Gasteiger partial charge >= 0.3 is 0 Å². The molecule has 0 atom stereocenters. The number of hydrogen-bond acceptors (Lipinski definition) is 7. The Balaban J connectivity index is 1.41. The average molecular weight is 439 g/mol. The van der Waals surface area contributed by atoms with Gasteiger partial charge in [0.2, 0.25) is 5.95 Å². The van der Waals surface area contributed by atoms with Crippen molar-refractivity contribution in [2.45, 2.75) is 32.6 Å². The lowest BCUT2D eigenvalue weighted by atomic mass is 10.2. The molecule has 2 aromatic carbocycles. The zero-order chi connectivity index (χ0) is 22.4. The summed E-state index contributed by atoms with van der Waals surface area (Å²) in [7, 11) is 1.60. The van der Waals surface area contributed by atoms with E-state index in [-0.39, 0.29) is 0 Å². The van der Waals surface area contributed by atoms with Crippen LogP contribution in [0.4, 0.5) is 5.95 Å². The molecule has 8 heteroatoms. The summed E-state index contributed by atoms with van der Waals surface area (Å²) in [6.45, 7) is 3.75. The number of rotatable bonds is 14. The van der Waals surface area contributed by atoms with Crippen molar-refractivity contribution in [2.75, 3.05) is 26.9 Å². The highest BCUT2D eigenvalue weighted by molar-refractivity contribution is 5.82. The van der Waals surface area contributed by atoms with E-state index in [1.54, 1.807) is 13.3 Å². The van der Waals surface area contributed by atoms with Crippen molar-refractivity contribution in [1.82, 2.24) is 15.2 Å². The number of hydrogen-bond donors (Lipinski definition) is 1. The summed E-state index contributed by atoms with van der Waals surface area (Å²) >= 11 is 0. The molecule has 8 nitrogen and oxygen atoms in total.